The molecule has 6 nitrogen and oxygen atoms in total. The largest absolute Gasteiger partial charge is 0.469 e. The van der Waals surface area contributed by atoms with E-state index in [-0.39, 0.29) is 36.1 Å². The highest BCUT2D eigenvalue weighted by atomic mass is 127. The fourth-order valence-electron chi connectivity index (χ4n) is 4.66. The summed E-state index contributed by atoms with van der Waals surface area (Å²) < 4.78 is 16.8. The van der Waals surface area contributed by atoms with E-state index in [4.69, 9.17) is 18.9 Å². The number of nitrogens with zero attached hydrogens (tertiary/aromatic N) is 1. The van der Waals surface area contributed by atoms with E-state index in [1.807, 2.05) is 12.1 Å². The van der Waals surface area contributed by atoms with E-state index in [2.05, 4.69) is 17.6 Å². The Hall–Kier alpha value is -0.800. The van der Waals surface area contributed by atoms with Gasteiger partial charge in [-0.25, -0.2) is 0 Å². The fraction of sp³-hybridized carbons (Fsp3) is 0.762. The molecule has 0 aromatic carbocycles. The van der Waals surface area contributed by atoms with Crippen molar-refractivity contribution in [2.45, 2.75) is 63.6 Å². The quantitative estimate of drug-likeness (QED) is 0.324. The highest BCUT2D eigenvalue weighted by Crippen LogP contribution is 2.44. The summed E-state index contributed by atoms with van der Waals surface area (Å²) in [6.07, 6.45) is 9.23. The van der Waals surface area contributed by atoms with Gasteiger partial charge in [0.2, 0.25) is 0 Å². The highest BCUT2D eigenvalue weighted by Gasteiger charge is 2.39. The minimum absolute atomic E-state index is 0. The van der Waals surface area contributed by atoms with Gasteiger partial charge < -0.3 is 24.5 Å². The van der Waals surface area contributed by atoms with Crippen LogP contribution in [0.1, 0.15) is 44.8 Å². The lowest BCUT2D eigenvalue weighted by molar-refractivity contribution is 0.0347. The molecule has 28 heavy (non-hydrogen) atoms. The summed E-state index contributed by atoms with van der Waals surface area (Å²) in [4.78, 5) is 4.82. The van der Waals surface area contributed by atoms with E-state index >= 15 is 0 Å². The molecular formula is C21H34IN3O3. The van der Waals surface area contributed by atoms with Crippen LogP contribution in [0.2, 0.25) is 0 Å². The number of aliphatic imine (C=N–C) groups is 1. The van der Waals surface area contributed by atoms with E-state index < -0.39 is 0 Å². The van der Waals surface area contributed by atoms with Crippen molar-refractivity contribution in [2.24, 2.45) is 16.8 Å². The highest BCUT2D eigenvalue weighted by molar-refractivity contribution is 14.0. The van der Waals surface area contributed by atoms with Gasteiger partial charge in [-0.15, -0.1) is 24.0 Å². The van der Waals surface area contributed by atoms with Crippen molar-refractivity contribution in [1.82, 2.24) is 10.6 Å². The maximum Gasteiger partial charge on any atom is 0.191 e. The molecule has 4 rings (SSSR count). The second kappa shape index (κ2) is 10.8. The summed E-state index contributed by atoms with van der Waals surface area (Å²) in [5.41, 5.74) is 0. The first-order chi connectivity index (χ1) is 13.3. The molecule has 2 bridgehead atoms. The Kier molecular flexibility index (Phi) is 8.47. The minimum Gasteiger partial charge on any atom is -0.469 e. The molecule has 1 aromatic rings. The predicted molar refractivity (Wildman–Crippen MR) is 120 cm³/mol. The van der Waals surface area contributed by atoms with Crippen molar-refractivity contribution < 1.29 is 13.9 Å². The monoisotopic (exact) mass is 503 g/mol. The van der Waals surface area contributed by atoms with Gasteiger partial charge in [0, 0.05) is 31.7 Å². The van der Waals surface area contributed by atoms with Gasteiger partial charge in [0.05, 0.1) is 25.6 Å². The van der Waals surface area contributed by atoms with E-state index in [1.165, 1.54) is 25.7 Å². The SMILES string of the molecule is CC(COC1CCOC1)NC(=NCCc1ccco1)NC1CC2CCC1C2.I. The lowest BCUT2D eigenvalue weighted by Crippen LogP contribution is -2.49. The molecule has 5 atom stereocenters. The first-order valence-corrected chi connectivity index (χ1v) is 10.6. The van der Waals surface area contributed by atoms with Crippen LogP contribution in [0.25, 0.3) is 0 Å². The number of hydrogen-bond acceptors (Lipinski definition) is 4. The molecule has 5 unspecified atom stereocenters. The average Bonchev–Trinajstić information content (AvgIpc) is 3.44. The molecule has 2 aliphatic carbocycles. The average molecular weight is 503 g/mol. The third-order valence-corrected chi connectivity index (χ3v) is 6.12. The van der Waals surface area contributed by atoms with Gasteiger partial charge in [0.15, 0.2) is 5.96 Å². The summed E-state index contributed by atoms with van der Waals surface area (Å²) in [5.74, 6) is 3.63. The number of halogens is 1. The molecular weight excluding hydrogens is 469 g/mol. The molecule has 7 heteroatoms. The van der Waals surface area contributed by atoms with Crippen LogP contribution in [0.5, 0.6) is 0 Å². The summed E-state index contributed by atoms with van der Waals surface area (Å²) in [7, 11) is 0. The molecule has 1 aliphatic heterocycles. The van der Waals surface area contributed by atoms with E-state index in [0.717, 1.165) is 49.6 Å². The van der Waals surface area contributed by atoms with Gasteiger partial charge in [-0.1, -0.05) is 6.42 Å². The zero-order valence-electron chi connectivity index (χ0n) is 16.8. The second-order valence-corrected chi connectivity index (χ2v) is 8.35. The molecule has 0 radical (unpaired) electrons. The Bertz CT molecular complexity index is 604. The Morgan fingerprint density at radius 3 is 2.93 bits per heavy atom. The first-order valence-electron chi connectivity index (χ1n) is 10.6. The Balaban J connectivity index is 0.00000225. The molecule has 1 saturated heterocycles. The number of nitrogens with one attached hydrogen (secondary N) is 2. The van der Waals surface area contributed by atoms with Gasteiger partial charge in [-0.3, -0.25) is 4.99 Å². The molecule has 0 spiro atoms. The maximum absolute atomic E-state index is 5.96. The second-order valence-electron chi connectivity index (χ2n) is 8.35. The van der Waals surface area contributed by atoms with Gasteiger partial charge in [0.25, 0.3) is 0 Å². The van der Waals surface area contributed by atoms with Crippen LogP contribution in [-0.4, -0.2) is 50.5 Å². The van der Waals surface area contributed by atoms with Crippen molar-refractivity contribution in [3.63, 3.8) is 0 Å². The molecule has 3 aliphatic rings. The normalized spacial score (nSPS) is 30.2. The van der Waals surface area contributed by atoms with Crippen molar-refractivity contribution in [1.29, 1.82) is 0 Å². The first kappa shape index (κ1) is 21.9. The molecule has 2 heterocycles. The molecule has 2 N–H and O–H groups in total. The standard InChI is InChI=1S/C21H33N3O3.HI/c1-15(13-27-19-7-10-25-14-19)23-21(22-8-6-18-3-2-9-26-18)24-20-12-16-4-5-17(20)11-16;/h2-3,9,15-17,19-20H,4-8,10-14H2,1H3,(H2,22,23,24);1H. The number of ether oxygens (including phenoxy) is 2. The lowest BCUT2D eigenvalue weighted by Gasteiger charge is -2.27. The van der Waals surface area contributed by atoms with Gasteiger partial charge >= 0.3 is 0 Å². The Morgan fingerprint density at radius 2 is 2.25 bits per heavy atom. The molecule has 0 amide bonds. The van der Waals surface area contributed by atoms with Gasteiger partial charge in [0.1, 0.15) is 5.76 Å². The lowest BCUT2D eigenvalue weighted by atomic mass is 9.95. The van der Waals surface area contributed by atoms with Crippen molar-refractivity contribution in [3.8, 4) is 0 Å². The Labute approximate surface area is 185 Å². The van der Waals surface area contributed by atoms with Gasteiger partial charge in [-0.05, 0) is 56.6 Å². The summed E-state index contributed by atoms with van der Waals surface area (Å²) >= 11 is 0. The van der Waals surface area contributed by atoms with Crippen molar-refractivity contribution >= 4 is 29.9 Å². The molecule has 1 aromatic heterocycles. The molecule has 158 valence electrons. The number of rotatable bonds is 8. The van der Waals surface area contributed by atoms with Crippen LogP contribution in [0.3, 0.4) is 0 Å². The fourth-order valence-corrected chi connectivity index (χ4v) is 4.66. The van der Waals surface area contributed by atoms with Crippen LogP contribution in [0.4, 0.5) is 0 Å². The van der Waals surface area contributed by atoms with E-state index in [9.17, 15) is 0 Å². The van der Waals surface area contributed by atoms with Crippen LogP contribution in [-0.2, 0) is 15.9 Å². The van der Waals surface area contributed by atoms with Crippen molar-refractivity contribution in [2.75, 3.05) is 26.4 Å². The molecule has 2 saturated carbocycles. The third-order valence-electron chi connectivity index (χ3n) is 6.12. The maximum atomic E-state index is 5.96. The number of fused-ring (bicyclic) bond motifs is 2. The van der Waals surface area contributed by atoms with E-state index in [1.54, 1.807) is 6.26 Å². The number of guanidine groups is 1. The van der Waals surface area contributed by atoms with Gasteiger partial charge in [-0.2, -0.15) is 0 Å². The Morgan fingerprint density at radius 1 is 1.32 bits per heavy atom. The van der Waals surface area contributed by atoms with Crippen molar-refractivity contribution in [3.05, 3.63) is 24.2 Å². The number of hydrogen-bond donors (Lipinski definition) is 2. The predicted octanol–water partition coefficient (Wildman–Crippen LogP) is 3.36. The van der Waals surface area contributed by atoms with Crippen LogP contribution >= 0.6 is 24.0 Å². The summed E-state index contributed by atoms with van der Waals surface area (Å²) in [6.45, 7) is 5.08. The van der Waals surface area contributed by atoms with Crippen LogP contribution in [0, 0.1) is 11.8 Å². The summed E-state index contributed by atoms with van der Waals surface area (Å²) in [5, 5.41) is 7.26. The van der Waals surface area contributed by atoms with E-state index in [0.29, 0.717) is 19.2 Å². The van der Waals surface area contributed by atoms with Crippen LogP contribution in [0.15, 0.2) is 27.8 Å². The zero-order valence-corrected chi connectivity index (χ0v) is 19.1. The molecule has 3 fully saturated rings. The third kappa shape index (κ3) is 6.10. The smallest absolute Gasteiger partial charge is 0.191 e. The topological polar surface area (TPSA) is 68.0 Å². The zero-order chi connectivity index (χ0) is 18.5. The summed E-state index contributed by atoms with van der Waals surface area (Å²) in [6, 6.07) is 4.71. The van der Waals surface area contributed by atoms with Crippen LogP contribution < -0.4 is 10.6 Å². The minimum atomic E-state index is 0. The number of furan rings is 1.